The minimum absolute atomic E-state index is 0.892. The molecule has 0 aromatic heterocycles. The maximum Gasteiger partial charge on any atom is -0.00205 e. The predicted octanol–water partition coefficient (Wildman–Crippen LogP) is 3.59. The summed E-state index contributed by atoms with van der Waals surface area (Å²) < 4.78 is 0. The molecule has 1 aliphatic carbocycles. The third-order valence-corrected chi connectivity index (χ3v) is 3.01. The lowest BCUT2D eigenvalue weighted by Crippen LogP contribution is -2.17. The summed E-state index contributed by atoms with van der Waals surface area (Å²) in [5.74, 6) is 1.93. The fourth-order valence-electron chi connectivity index (χ4n) is 1.78. The molecule has 0 spiro atoms. The van der Waals surface area contributed by atoms with Gasteiger partial charge in [0.25, 0.3) is 0 Å². The van der Waals surface area contributed by atoms with Crippen molar-refractivity contribution in [2.24, 2.45) is 11.8 Å². The van der Waals surface area contributed by atoms with Gasteiger partial charge in [0, 0.05) is 0 Å². The molecular formula is C13H27N. The van der Waals surface area contributed by atoms with Crippen LogP contribution in [-0.2, 0) is 0 Å². The lowest BCUT2D eigenvalue weighted by atomic mass is 10.0. The molecule has 14 heavy (non-hydrogen) atoms. The highest BCUT2D eigenvalue weighted by Gasteiger charge is 2.19. The van der Waals surface area contributed by atoms with Crippen LogP contribution in [0.1, 0.15) is 58.8 Å². The fraction of sp³-hybridized carbons (Fsp3) is 1.00. The Kier molecular flexibility index (Phi) is 6.25. The summed E-state index contributed by atoms with van der Waals surface area (Å²) in [6, 6.07) is 0. The number of nitrogens with one attached hydrogen (secondary N) is 1. The normalized spacial score (nSPS) is 16.5. The van der Waals surface area contributed by atoms with Gasteiger partial charge in [-0.1, -0.05) is 39.5 Å². The molecule has 1 fully saturated rings. The standard InChI is InChI=1S/C13H27N/c1-12(2)7-5-3-4-6-10-14-11-13-8-9-13/h12-14H,3-11H2,1-2H3. The molecule has 0 heterocycles. The van der Waals surface area contributed by atoms with Crippen LogP contribution in [-0.4, -0.2) is 13.1 Å². The highest BCUT2D eigenvalue weighted by Crippen LogP contribution is 2.27. The molecule has 0 radical (unpaired) electrons. The summed E-state index contributed by atoms with van der Waals surface area (Å²) in [5.41, 5.74) is 0. The molecule has 0 saturated heterocycles. The second-order valence-corrected chi connectivity index (χ2v) is 5.24. The van der Waals surface area contributed by atoms with E-state index in [0.29, 0.717) is 0 Å². The molecule has 1 heteroatoms. The molecule has 1 nitrogen and oxygen atoms in total. The second kappa shape index (κ2) is 7.28. The van der Waals surface area contributed by atoms with Gasteiger partial charge in [-0.25, -0.2) is 0 Å². The molecular weight excluding hydrogens is 170 g/mol. The van der Waals surface area contributed by atoms with Gasteiger partial charge in [0.05, 0.1) is 0 Å². The Morgan fingerprint density at radius 1 is 1.07 bits per heavy atom. The second-order valence-electron chi connectivity index (χ2n) is 5.24. The van der Waals surface area contributed by atoms with Crippen molar-refractivity contribution in [3.63, 3.8) is 0 Å². The van der Waals surface area contributed by atoms with Crippen molar-refractivity contribution in [3.05, 3.63) is 0 Å². The van der Waals surface area contributed by atoms with Crippen LogP contribution in [0.2, 0.25) is 0 Å². The average molecular weight is 197 g/mol. The third-order valence-electron chi connectivity index (χ3n) is 3.01. The fourth-order valence-corrected chi connectivity index (χ4v) is 1.78. The Hall–Kier alpha value is -0.0400. The summed E-state index contributed by atoms with van der Waals surface area (Å²) >= 11 is 0. The van der Waals surface area contributed by atoms with Crippen molar-refractivity contribution < 1.29 is 0 Å². The molecule has 1 N–H and O–H groups in total. The van der Waals surface area contributed by atoms with E-state index in [2.05, 4.69) is 19.2 Å². The van der Waals surface area contributed by atoms with E-state index in [9.17, 15) is 0 Å². The van der Waals surface area contributed by atoms with Crippen LogP contribution in [0.25, 0.3) is 0 Å². The largest absolute Gasteiger partial charge is 0.316 e. The average Bonchev–Trinajstić information content (AvgIpc) is 2.92. The molecule has 1 aliphatic rings. The quantitative estimate of drug-likeness (QED) is 0.557. The molecule has 0 bridgehead atoms. The SMILES string of the molecule is CC(C)CCCCCCNCC1CC1. The van der Waals surface area contributed by atoms with E-state index < -0.39 is 0 Å². The summed E-state index contributed by atoms with van der Waals surface area (Å²) in [6.45, 7) is 7.17. The summed E-state index contributed by atoms with van der Waals surface area (Å²) in [5, 5.41) is 3.55. The zero-order chi connectivity index (χ0) is 10.2. The number of unbranched alkanes of at least 4 members (excludes halogenated alkanes) is 3. The summed E-state index contributed by atoms with van der Waals surface area (Å²) in [6.07, 6.45) is 10.0. The van der Waals surface area contributed by atoms with E-state index in [1.54, 1.807) is 0 Å². The van der Waals surface area contributed by atoms with E-state index in [4.69, 9.17) is 0 Å². The van der Waals surface area contributed by atoms with Crippen LogP contribution < -0.4 is 5.32 Å². The van der Waals surface area contributed by atoms with Crippen LogP contribution >= 0.6 is 0 Å². The number of hydrogen-bond acceptors (Lipinski definition) is 1. The van der Waals surface area contributed by atoms with Crippen molar-refractivity contribution >= 4 is 0 Å². The van der Waals surface area contributed by atoms with Crippen molar-refractivity contribution in [2.45, 2.75) is 58.8 Å². The summed E-state index contributed by atoms with van der Waals surface area (Å²) in [7, 11) is 0. The van der Waals surface area contributed by atoms with E-state index >= 15 is 0 Å². The predicted molar refractivity (Wildman–Crippen MR) is 63.5 cm³/mol. The van der Waals surface area contributed by atoms with Crippen molar-refractivity contribution in [1.82, 2.24) is 5.32 Å². The van der Waals surface area contributed by atoms with Gasteiger partial charge in [0.1, 0.15) is 0 Å². The molecule has 0 amide bonds. The Morgan fingerprint density at radius 2 is 1.79 bits per heavy atom. The first-order chi connectivity index (χ1) is 6.79. The van der Waals surface area contributed by atoms with E-state index in [1.807, 2.05) is 0 Å². The van der Waals surface area contributed by atoms with Crippen molar-refractivity contribution in [1.29, 1.82) is 0 Å². The number of hydrogen-bond donors (Lipinski definition) is 1. The lowest BCUT2D eigenvalue weighted by Gasteiger charge is -2.05. The molecule has 1 saturated carbocycles. The van der Waals surface area contributed by atoms with Crippen molar-refractivity contribution in [3.8, 4) is 0 Å². The van der Waals surface area contributed by atoms with Gasteiger partial charge in [-0.05, 0) is 44.2 Å². The molecule has 0 aromatic carbocycles. The Morgan fingerprint density at radius 3 is 2.43 bits per heavy atom. The maximum atomic E-state index is 3.55. The topological polar surface area (TPSA) is 12.0 Å². The molecule has 0 aromatic rings. The lowest BCUT2D eigenvalue weighted by molar-refractivity contribution is 0.510. The molecule has 84 valence electrons. The van der Waals surface area contributed by atoms with E-state index in [-0.39, 0.29) is 0 Å². The maximum absolute atomic E-state index is 3.55. The molecule has 0 unspecified atom stereocenters. The Bertz CT molecular complexity index is 119. The summed E-state index contributed by atoms with van der Waals surface area (Å²) in [4.78, 5) is 0. The van der Waals surface area contributed by atoms with Crippen LogP contribution in [0.3, 0.4) is 0 Å². The molecule has 0 aliphatic heterocycles. The Labute approximate surface area is 89.7 Å². The van der Waals surface area contributed by atoms with Crippen LogP contribution in [0, 0.1) is 11.8 Å². The van der Waals surface area contributed by atoms with Crippen LogP contribution in [0.15, 0.2) is 0 Å². The molecule has 1 rings (SSSR count). The van der Waals surface area contributed by atoms with Gasteiger partial charge in [0.2, 0.25) is 0 Å². The minimum atomic E-state index is 0.892. The smallest absolute Gasteiger partial charge is 0.00205 e. The first-order valence-electron chi connectivity index (χ1n) is 6.49. The highest BCUT2D eigenvalue weighted by atomic mass is 14.9. The monoisotopic (exact) mass is 197 g/mol. The highest BCUT2D eigenvalue weighted by molar-refractivity contribution is 4.74. The van der Waals surface area contributed by atoms with Crippen molar-refractivity contribution in [2.75, 3.05) is 13.1 Å². The van der Waals surface area contributed by atoms with Gasteiger partial charge in [-0.3, -0.25) is 0 Å². The molecule has 0 atom stereocenters. The number of rotatable bonds is 9. The van der Waals surface area contributed by atoms with E-state index in [1.165, 1.54) is 58.0 Å². The van der Waals surface area contributed by atoms with Gasteiger partial charge in [0.15, 0.2) is 0 Å². The Balaban J connectivity index is 1.66. The zero-order valence-corrected chi connectivity index (χ0v) is 10.0. The first-order valence-corrected chi connectivity index (χ1v) is 6.49. The minimum Gasteiger partial charge on any atom is -0.316 e. The van der Waals surface area contributed by atoms with E-state index in [0.717, 1.165) is 11.8 Å². The van der Waals surface area contributed by atoms with Gasteiger partial charge >= 0.3 is 0 Å². The third kappa shape index (κ3) is 7.37. The first kappa shape index (κ1) is 12.0. The van der Waals surface area contributed by atoms with Gasteiger partial charge < -0.3 is 5.32 Å². The van der Waals surface area contributed by atoms with Crippen LogP contribution in [0.5, 0.6) is 0 Å². The van der Waals surface area contributed by atoms with Gasteiger partial charge in [-0.2, -0.15) is 0 Å². The van der Waals surface area contributed by atoms with Gasteiger partial charge in [-0.15, -0.1) is 0 Å². The zero-order valence-electron chi connectivity index (χ0n) is 10.0. The van der Waals surface area contributed by atoms with Crippen LogP contribution in [0.4, 0.5) is 0 Å².